The van der Waals surface area contributed by atoms with Gasteiger partial charge >= 0.3 is 0 Å². The van der Waals surface area contributed by atoms with Crippen LogP contribution in [0.4, 0.5) is 5.69 Å². The quantitative estimate of drug-likeness (QED) is 0.879. The van der Waals surface area contributed by atoms with Crippen LogP contribution in [-0.4, -0.2) is 9.78 Å². The predicted molar refractivity (Wildman–Crippen MR) is 75.8 cm³/mol. The third kappa shape index (κ3) is 2.62. The van der Waals surface area contributed by atoms with E-state index in [-0.39, 0.29) is 0 Å². The van der Waals surface area contributed by atoms with Crippen LogP contribution in [0.5, 0.6) is 5.75 Å². The smallest absolute Gasteiger partial charge is 0.142 e. The van der Waals surface area contributed by atoms with Crippen LogP contribution >= 0.6 is 27.5 Å². The van der Waals surface area contributed by atoms with E-state index in [0.717, 1.165) is 15.9 Å². The molecular weight excluding hydrogens is 318 g/mol. The summed E-state index contributed by atoms with van der Waals surface area (Å²) in [6.07, 6.45) is 0. The summed E-state index contributed by atoms with van der Waals surface area (Å²) in [6, 6.07) is 5.49. The molecule has 0 spiro atoms. The van der Waals surface area contributed by atoms with Gasteiger partial charge in [0, 0.05) is 11.5 Å². The van der Waals surface area contributed by atoms with E-state index in [1.54, 1.807) is 10.7 Å². The summed E-state index contributed by atoms with van der Waals surface area (Å²) in [7, 11) is 1.84. The van der Waals surface area contributed by atoms with Gasteiger partial charge in [-0.3, -0.25) is 4.68 Å². The van der Waals surface area contributed by atoms with Crippen molar-refractivity contribution in [3.63, 3.8) is 0 Å². The lowest BCUT2D eigenvalue weighted by atomic mass is 10.3. The topological polar surface area (TPSA) is 53.1 Å². The van der Waals surface area contributed by atoms with Crippen LogP contribution in [0.15, 0.2) is 22.7 Å². The van der Waals surface area contributed by atoms with Gasteiger partial charge in [-0.25, -0.2) is 0 Å². The summed E-state index contributed by atoms with van der Waals surface area (Å²) >= 11 is 9.49. The Morgan fingerprint density at radius 3 is 2.78 bits per heavy atom. The van der Waals surface area contributed by atoms with Gasteiger partial charge in [0.1, 0.15) is 12.4 Å². The largest absolute Gasteiger partial charge is 0.485 e. The van der Waals surface area contributed by atoms with Crippen LogP contribution in [0.2, 0.25) is 5.02 Å². The van der Waals surface area contributed by atoms with Crippen molar-refractivity contribution in [1.82, 2.24) is 9.78 Å². The van der Waals surface area contributed by atoms with Crippen molar-refractivity contribution >= 4 is 33.2 Å². The number of aryl methyl sites for hydroxylation is 2. The molecule has 1 heterocycles. The summed E-state index contributed by atoms with van der Waals surface area (Å²) < 4.78 is 8.30. The number of hydrogen-bond donors (Lipinski definition) is 1. The number of ether oxygens (including phenoxy) is 1. The lowest BCUT2D eigenvalue weighted by Crippen LogP contribution is -2.04. The standard InChI is InChI=1S/C12H13BrClN3O/c1-7-12(14)10(17(2)16-7)6-18-11-4-3-8(13)5-9(11)15/h3-5H,6,15H2,1-2H3. The molecule has 2 rings (SSSR count). The highest BCUT2D eigenvalue weighted by Crippen LogP contribution is 2.27. The van der Waals surface area contributed by atoms with Crippen LogP contribution < -0.4 is 10.5 Å². The average Bonchev–Trinajstić information content (AvgIpc) is 2.53. The maximum absolute atomic E-state index is 6.14. The summed E-state index contributed by atoms with van der Waals surface area (Å²) in [4.78, 5) is 0. The fraction of sp³-hybridized carbons (Fsp3) is 0.250. The zero-order valence-corrected chi connectivity index (χ0v) is 12.4. The van der Waals surface area contributed by atoms with Crippen molar-refractivity contribution in [2.45, 2.75) is 13.5 Å². The molecule has 0 atom stereocenters. The highest BCUT2D eigenvalue weighted by atomic mass is 79.9. The van der Waals surface area contributed by atoms with Gasteiger partial charge in [0.05, 0.1) is 22.1 Å². The molecule has 0 amide bonds. The highest BCUT2D eigenvalue weighted by Gasteiger charge is 2.12. The zero-order chi connectivity index (χ0) is 13.3. The first-order valence-corrected chi connectivity index (χ1v) is 6.52. The predicted octanol–water partition coefficient (Wildman–Crippen LogP) is 3.31. The van der Waals surface area contributed by atoms with Gasteiger partial charge in [0.2, 0.25) is 0 Å². The van der Waals surface area contributed by atoms with E-state index in [9.17, 15) is 0 Å². The van der Waals surface area contributed by atoms with Gasteiger partial charge in [-0.05, 0) is 25.1 Å². The SMILES string of the molecule is Cc1nn(C)c(COc2ccc(Br)cc2N)c1Cl. The normalized spacial score (nSPS) is 10.7. The molecule has 0 saturated carbocycles. The number of nitrogens with two attached hydrogens (primary N) is 1. The minimum absolute atomic E-state index is 0.335. The summed E-state index contributed by atoms with van der Waals surface area (Å²) in [5.41, 5.74) is 8.06. The van der Waals surface area contributed by atoms with Gasteiger partial charge in [-0.15, -0.1) is 0 Å². The molecule has 0 fully saturated rings. The monoisotopic (exact) mass is 329 g/mol. The van der Waals surface area contributed by atoms with Crippen molar-refractivity contribution in [3.05, 3.63) is 39.1 Å². The van der Waals surface area contributed by atoms with E-state index >= 15 is 0 Å². The molecule has 0 aliphatic heterocycles. The summed E-state index contributed by atoms with van der Waals surface area (Å²) in [6.45, 7) is 2.20. The minimum atomic E-state index is 0.335. The number of hydrogen-bond acceptors (Lipinski definition) is 3. The fourth-order valence-corrected chi connectivity index (χ4v) is 2.23. The number of aromatic nitrogens is 2. The molecule has 96 valence electrons. The van der Waals surface area contributed by atoms with Crippen LogP contribution in [0.3, 0.4) is 0 Å². The summed E-state index contributed by atoms with van der Waals surface area (Å²) in [5.74, 6) is 0.633. The first kappa shape index (κ1) is 13.2. The van der Waals surface area contributed by atoms with E-state index < -0.39 is 0 Å². The van der Waals surface area contributed by atoms with Gasteiger partial charge in [-0.1, -0.05) is 27.5 Å². The van der Waals surface area contributed by atoms with Crippen LogP contribution in [0.1, 0.15) is 11.4 Å². The third-order valence-corrected chi connectivity index (χ3v) is 3.58. The Balaban J connectivity index is 2.16. The number of benzene rings is 1. The van der Waals surface area contributed by atoms with E-state index in [4.69, 9.17) is 22.1 Å². The van der Waals surface area contributed by atoms with Crippen molar-refractivity contribution in [2.24, 2.45) is 7.05 Å². The highest BCUT2D eigenvalue weighted by molar-refractivity contribution is 9.10. The molecule has 2 aromatic rings. The lowest BCUT2D eigenvalue weighted by Gasteiger charge is -2.09. The van der Waals surface area contributed by atoms with Crippen LogP contribution in [0, 0.1) is 6.92 Å². The van der Waals surface area contributed by atoms with Gasteiger partial charge in [0.25, 0.3) is 0 Å². The molecule has 1 aromatic carbocycles. The lowest BCUT2D eigenvalue weighted by molar-refractivity contribution is 0.296. The first-order valence-electron chi connectivity index (χ1n) is 5.35. The molecule has 0 aliphatic carbocycles. The maximum Gasteiger partial charge on any atom is 0.142 e. The summed E-state index contributed by atoms with van der Waals surface area (Å²) in [5, 5.41) is 4.86. The molecule has 1 aromatic heterocycles. The molecule has 0 aliphatic rings. The van der Waals surface area contributed by atoms with Gasteiger partial charge in [-0.2, -0.15) is 5.10 Å². The fourth-order valence-electron chi connectivity index (χ4n) is 1.63. The molecule has 6 heteroatoms. The number of halogens is 2. The Hall–Kier alpha value is -1.20. The third-order valence-electron chi connectivity index (χ3n) is 2.60. The second-order valence-electron chi connectivity index (χ2n) is 3.94. The number of nitrogen functional groups attached to an aromatic ring is 1. The van der Waals surface area contributed by atoms with Crippen molar-refractivity contribution < 1.29 is 4.74 Å². The molecular formula is C12H13BrClN3O. The number of nitrogens with zero attached hydrogens (tertiary/aromatic N) is 2. The van der Waals surface area contributed by atoms with Crippen molar-refractivity contribution in [3.8, 4) is 5.75 Å². The van der Waals surface area contributed by atoms with E-state index in [1.165, 1.54) is 0 Å². The Morgan fingerprint density at radius 1 is 1.50 bits per heavy atom. The number of rotatable bonds is 3. The first-order chi connectivity index (χ1) is 8.49. The molecule has 0 saturated heterocycles. The second-order valence-corrected chi connectivity index (χ2v) is 5.23. The molecule has 18 heavy (non-hydrogen) atoms. The van der Waals surface area contributed by atoms with E-state index in [0.29, 0.717) is 23.1 Å². The van der Waals surface area contributed by atoms with Crippen LogP contribution in [0.25, 0.3) is 0 Å². The van der Waals surface area contributed by atoms with E-state index in [2.05, 4.69) is 21.0 Å². The zero-order valence-electron chi connectivity index (χ0n) is 10.1. The Morgan fingerprint density at radius 2 is 2.22 bits per heavy atom. The van der Waals surface area contributed by atoms with Gasteiger partial charge < -0.3 is 10.5 Å². The van der Waals surface area contributed by atoms with Crippen molar-refractivity contribution in [2.75, 3.05) is 5.73 Å². The molecule has 0 bridgehead atoms. The van der Waals surface area contributed by atoms with Crippen LogP contribution in [-0.2, 0) is 13.7 Å². The number of anilines is 1. The second kappa shape index (κ2) is 5.20. The van der Waals surface area contributed by atoms with E-state index in [1.807, 2.05) is 26.1 Å². The average molecular weight is 331 g/mol. The Labute approximate surface area is 119 Å². The molecule has 2 N–H and O–H groups in total. The maximum atomic E-state index is 6.14. The Kier molecular flexibility index (Phi) is 3.82. The minimum Gasteiger partial charge on any atom is -0.485 e. The Bertz CT molecular complexity index is 583. The van der Waals surface area contributed by atoms with Gasteiger partial charge in [0.15, 0.2) is 0 Å². The molecule has 4 nitrogen and oxygen atoms in total. The molecule has 0 unspecified atom stereocenters. The van der Waals surface area contributed by atoms with Crippen molar-refractivity contribution in [1.29, 1.82) is 0 Å². The molecule has 0 radical (unpaired) electrons.